The van der Waals surface area contributed by atoms with Crippen molar-refractivity contribution < 1.29 is 0 Å². The number of likely N-dealkylation sites (tertiary alicyclic amines) is 1. The maximum absolute atomic E-state index is 4.85. The van der Waals surface area contributed by atoms with Crippen molar-refractivity contribution in [1.29, 1.82) is 0 Å². The number of hydrogen-bond donors (Lipinski definition) is 2. The predicted octanol–water partition coefficient (Wildman–Crippen LogP) is 3.52. The first-order valence-corrected chi connectivity index (χ1v) is 10.4. The fraction of sp³-hybridized carbons (Fsp3) is 0.550. The molecule has 5 heteroatoms. The molecule has 0 saturated carbocycles. The summed E-state index contributed by atoms with van der Waals surface area (Å²) in [5.74, 6) is 1.61. The molecule has 0 bridgehead atoms. The molecular weight excluding hydrogens is 328 g/mol. The molecule has 0 amide bonds. The van der Waals surface area contributed by atoms with Crippen molar-refractivity contribution in [3.05, 3.63) is 40.7 Å². The Bertz CT molecular complexity index is 663. The summed E-state index contributed by atoms with van der Waals surface area (Å²) in [6, 6.07) is 11.1. The minimum Gasteiger partial charge on any atom is -0.297 e. The fourth-order valence-corrected chi connectivity index (χ4v) is 5.08. The molecule has 3 heterocycles. The lowest BCUT2D eigenvalue weighted by atomic mass is 9.82. The average molecular weight is 357 g/mol. The van der Waals surface area contributed by atoms with Crippen molar-refractivity contribution >= 4 is 11.3 Å². The normalized spacial score (nSPS) is 25.5. The van der Waals surface area contributed by atoms with Gasteiger partial charge in [-0.2, -0.15) is 0 Å². The van der Waals surface area contributed by atoms with E-state index < -0.39 is 0 Å². The van der Waals surface area contributed by atoms with Crippen molar-refractivity contribution in [2.75, 3.05) is 19.6 Å². The quantitative estimate of drug-likeness (QED) is 0.860. The third kappa shape index (κ3) is 3.95. The molecule has 2 unspecified atom stereocenters. The van der Waals surface area contributed by atoms with Crippen LogP contribution in [0, 0.1) is 11.8 Å². The van der Waals surface area contributed by atoms with Crippen LogP contribution in [0.3, 0.4) is 0 Å². The summed E-state index contributed by atoms with van der Waals surface area (Å²) in [5.41, 5.74) is 9.23. The Hall–Kier alpha value is -1.27. The minimum atomic E-state index is 0.664. The molecule has 0 spiro atoms. The van der Waals surface area contributed by atoms with Crippen LogP contribution in [-0.4, -0.2) is 35.6 Å². The second-order valence-corrected chi connectivity index (χ2v) is 8.27. The van der Waals surface area contributed by atoms with E-state index >= 15 is 0 Å². The van der Waals surface area contributed by atoms with Crippen LogP contribution < -0.4 is 10.9 Å². The third-order valence-electron chi connectivity index (χ3n) is 5.79. The van der Waals surface area contributed by atoms with E-state index in [1.807, 2.05) is 0 Å². The van der Waals surface area contributed by atoms with Gasteiger partial charge in [-0.05, 0) is 37.8 Å². The Balaban J connectivity index is 1.31. The van der Waals surface area contributed by atoms with Gasteiger partial charge in [0.15, 0.2) is 0 Å². The largest absolute Gasteiger partial charge is 0.297 e. The van der Waals surface area contributed by atoms with Gasteiger partial charge in [-0.1, -0.05) is 43.7 Å². The second-order valence-electron chi connectivity index (χ2n) is 7.33. The molecule has 1 aromatic carbocycles. The molecule has 134 valence electrons. The highest BCUT2D eigenvalue weighted by molar-refractivity contribution is 7.09. The smallest absolute Gasteiger partial charge is 0.107 e. The molecule has 2 aliphatic rings. The molecule has 25 heavy (non-hydrogen) atoms. The van der Waals surface area contributed by atoms with Crippen LogP contribution in [0.4, 0.5) is 0 Å². The SMILES string of the molecule is CCC1CNNC1C1CCN(Cc2nc(-c3ccccc3)cs2)CC1. The van der Waals surface area contributed by atoms with Crippen molar-refractivity contribution in [1.82, 2.24) is 20.7 Å². The number of thiazole rings is 1. The zero-order valence-electron chi connectivity index (χ0n) is 14.9. The zero-order chi connectivity index (χ0) is 17.1. The topological polar surface area (TPSA) is 40.2 Å². The maximum Gasteiger partial charge on any atom is 0.107 e. The van der Waals surface area contributed by atoms with Crippen LogP contribution in [0.2, 0.25) is 0 Å². The number of nitrogens with zero attached hydrogens (tertiary/aromatic N) is 2. The molecule has 0 aliphatic carbocycles. The zero-order valence-corrected chi connectivity index (χ0v) is 15.8. The van der Waals surface area contributed by atoms with Gasteiger partial charge in [-0.25, -0.2) is 4.98 Å². The van der Waals surface area contributed by atoms with Crippen molar-refractivity contribution in [2.24, 2.45) is 11.8 Å². The van der Waals surface area contributed by atoms with Gasteiger partial charge in [0.25, 0.3) is 0 Å². The summed E-state index contributed by atoms with van der Waals surface area (Å²) in [6.07, 6.45) is 3.87. The van der Waals surface area contributed by atoms with Crippen LogP contribution >= 0.6 is 11.3 Å². The van der Waals surface area contributed by atoms with Gasteiger partial charge in [-0.15, -0.1) is 11.3 Å². The third-order valence-corrected chi connectivity index (χ3v) is 6.62. The molecule has 2 aliphatic heterocycles. The Morgan fingerprint density at radius 1 is 1.20 bits per heavy atom. The van der Waals surface area contributed by atoms with Crippen molar-refractivity contribution in [3.8, 4) is 11.3 Å². The van der Waals surface area contributed by atoms with Crippen LogP contribution in [0.25, 0.3) is 11.3 Å². The summed E-state index contributed by atoms with van der Waals surface area (Å²) in [7, 11) is 0. The van der Waals surface area contributed by atoms with Gasteiger partial charge in [0.2, 0.25) is 0 Å². The first-order chi connectivity index (χ1) is 12.3. The summed E-state index contributed by atoms with van der Waals surface area (Å²) in [5, 5.41) is 3.43. The van der Waals surface area contributed by atoms with Gasteiger partial charge >= 0.3 is 0 Å². The second kappa shape index (κ2) is 7.96. The number of aromatic nitrogens is 1. The van der Waals surface area contributed by atoms with Crippen molar-refractivity contribution in [2.45, 2.75) is 38.8 Å². The van der Waals surface area contributed by atoms with Gasteiger partial charge in [0.1, 0.15) is 5.01 Å². The number of hydrazine groups is 1. The van der Waals surface area contributed by atoms with Gasteiger partial charge in [0, 0.05) is 23.5 Å². The molecule has 4 rings (SSSR count). The fourth-order valence-electron chi connectivity index (χ4n) is 4.24. The molecular formula is C20H28N4S. The lowest BCUT2D eigenvalue weighted by Gasteiger charge is -2.36. The van der Waals surface area contributed by atoms with Crippen LogP contribution in [0.15, 0.2) is 35.7 Å². The van der Waals surface area contributed by atoms with Gasteiger partial charge < -0.3 is 0 Å². The number of nitrogens with one attached hydrogen (secondary N) is 2. The highest BCUT2D eigenvalue weighted by atomic mass is 32.1. The van der Waals surface area contributed by atoms with E-state index in [-0.39, 0.29) is 0 Å². The van der Waals surface area contributed by atoms with E-state index in [4.69, 9.17) is 4.98 Å². The van der Waals surface area contributed by atoms with E-state index in [2.05, 4.69) is 58.4 Å². The molecule has 0 radical (unpaired) electrons. The molecule has 4 nitrogen and oxygen atoms in total. The maximum atomic E-state index is 4.85. The molecule has 2 atom stereocenters. The van der Waals surface area contributed by atoms with Crippen LogP contribution in [-0.2, 0) is 6.54 Å². The molecule has 2 fully saturated rings. The highest BCUT2D eigenvalue weighted by Gasteiger charge is 2.34. The lowest BCUT2D eigenvalue weighted by Crippen LogP contribution is -2.44. The highest BCUT2D eigenvalue weighted by Crippen LogP contribution is 2.29. The van der Waals surface area contributed by atoms with E-state index in [9.17, 15) is 0 Å². The predicted molar refractivity (Wildman–Crippen MR) is 104 cm³/mol. The number of benzene rings is 1. The Labute approximate surface area is 154 Å². The van der Waals surface area contributed by atoms with E-state index in [1.54, 1.807) is 11.3 Å². The monoisotopic (exact) mass is 356 g/mol. The van der Waals surface area contributed by atoms with E-state index in [0.717, 1.165) is 30.6 Å². The molecule has 1 aromatic heterocycles. The van der Waals surface area contributed by atoms with Gasteiger partial charge in [-0.3, -0.25) is 15.8 Å². The van der Waals surface area contributed by atoms with Crippen LogP contribution in [0.5, 0.6) is 0 Å². The Morgan fingerprint density at radius 3 is 2.76 bits per heavy atom. The number of hydrogen-bond acceptors (Lipinski definition) is 5. The van der Waals surface area contributed by atoms with Crippen molar-refractivity contribution in [3.63, 3.8) is 0 Å². The summed E-state index contributed by atoms with van der Waals surface area (Å²) >= 11 is 1.79. The summed E-state index contributed by atoms with van der Waals surface area (Å²) < 4.78 is 0. The van der Waals surface area contributed by atoms with E-state index in [1.165, 1.54) is 42.9 Å². The number of piperidine rings is 1. The minimum absolute atomic E-state index is 0.664. The Morgan fingerprint density at radius 2 is 2.00 bits per heavy atom. The number of rotatable bonds is 5. The summed E-state index contributed by atoms with van der Waals surface area (Å²) in [6.45, 7) is 6.83. The standard InChI is InChI=1S/C20H28N4S/c1-2-15-12-21-23-20(15)17-8-10-24(11-9-17)13-19-22-18(14-25-19)16-6-4-3-5-7-16/h3-7,14-15,17,20-21,23H,2,8-13H2,1H3. The Kier molecular flexibility index (Phi) is 5.46. The van der Waals surface area contributed by atoms with Gasteiger partial charge in [0.05, 0.1) is 12.2 Å². The molecule has 2 aromatic rings. The average Bonchev–Trinajstić information content (AvgIpc) is 3.32. The first-order valence-electron chi connectivity index (χ1n) is 9.54. The summed E-state index contributed by atoms with van der Waals surface area (Å²) in [4.78, 5) is 7.43. The first kappa shape index (κ1) is 17.2. The molecule has 2 N–H and O–H groups in total. The van der Waals surface area contributed by atoms with E-state index in [0.29, 0.717) is 6.04 Å². The van der Waals surface area contributed by atoms with Crippen LogP contribution in [0.1, 0.15) is 31.2 Å². The molecule has 2 saturated heterocycles. The lowest BCUT2D eigenvalue weighted by molar-refractivity contribution is 0.143.